The molecule has 0 atom stereocenters. The highest BCUT2D eigenvalue weighted by molar-refractivity contribution is 9.10. The predicted octanol–water partition coefficient (Wildman–Crippen LogP) is 4.03. The van der Waals surface area contributed by atoms with Crippen LogP contribution in [0.15, 0.2) is 64.0 Å². The third kappa shape index (κ3) is 3.97. The Hall–Kier alpha value is -2.10. The SMILES string of the molecule is Cc1ccc(S(=O)(=O)OC(=CC#N)c2ccc(Br)cc2)cc1. The average molecular weight is 378 g/mol. The van der Waals surface area contributed by atoms with Gasteiger partial charge in [-0.15, -0.1) is 0 Å². The van der Waals surface area contributed by atoms with Crippen LogP contribution in [-0.4, -0.2) is 8.42 Å². The van der Waals surface area contributed by atoms with E-state index < -0.39 is 10.1 Å². The lowest BCUT2D eigenvalue weighted by atomic mass is 10.2. The average Bonchev–Trinajstić information content (AvgIpc) is 2.48. The molecule has 2 rings (SSSR count). The summed E-state index contributed by atoms with van der Waals surface area (Å²) in [5.41, 5.74) is 1.44. The van der Waals surface area contributed by atoms with Crippen molar-refractivity contribution in [3.8, 4) is 6.07 Å². The zero-order valence-electron chi connectivity index (χ0n) is 11.7. The second-order valence-electron chi connectivity index (χ2n) is 4.50. The minimum absolute atomic E-state index is 0.0180. The van der Waals surface area contributed by atoms with Gasteiger partial charge in [0.15, 0.2) is 5.76 Å². The van der Waals surface area contributed by atoms with Crippen LogP contribution in [0.2, 0.25) is 0 Å². The van der Waals surface area contributed by atoms with Gasteiger partial charge in [0, 0.05) is 10.0 Å². The molecule has 0 bridgehead atoms. The molecule has 0 aliphatic rings. The van der Waals surface area contributed by atoms with E-state index in [1.165, 1.54) is 12.1 Å². The number of hydrogen-bond acceptors (Lipinski definition) is 4. The van der Waals surface area contributed by atoms with Crippen LogP contribution in [0, 0.1) is 18.3 Å². The van der Waals surface area contributed by atoms with Gasteiger partial charge in [-0.25, -0.2) is 0 Å². The Kier molecular flexibility index (Phi) is 5.01. The van der Waals surface area contributed by atoms with Crippen molar-refractivity contribution < 1.29 is 12.6 Å². The van der Waals surface area contributed by atoms with Gasteiger partial charge < -0.3 is 4.18 Å². The van der Waals surface area contributed by atoms with E-state index in [1.54, 1.807) is 42.5 Å². The van der Waals surface area contributed by atoms with Gasteiger partial charge in [-0.05, 0) is 31.2 Å². The third-order valence-corrected chi connectivity index (χ3v) is 4.61. The topological polar surface area (TPSA) is 67.2 Å². The van der Waals surface area contributed by atoms with Gasteiger partial charge in [-0.3, -0.25) is 0 Å². The van der Waals surface area contributed by atoms with E-state index in [0.29, 0.717) is 5.56 Å². The molecule has 0 saturated heterocycles. The molecule has 0 aromatic heterocycles. The summed E-state index contributed by atoms with van der Waals surface area (Å²) in [6, 6.07) is 14.9. The van der Waals surface area contributed by atoms with Crippen LogP contribution in [0.3, 0.4) is 0 Å². The lowest BCUT2D eigenvalue weighted by Crippen LogP contribution is -2.06. The zero-order chi connectivity index (χ0) is 16.2. The molecule has 0 unspecified atom stereocenters. The highest BCUT2D eigenvalue weighted by Crippen LogP contribution is 2.24. The van der Waals surface area contributed by atoms with E-state index in [0.717, 1.165) is 16.1 Å². The molecule has 0 aliphatic carbocycles. The number of halogens is 1. The fraction of sp³-hybridized carbons (Fsp3) is 0.0625. The summed E-state index contributed by atoms with van der Waals surface area (Å²) in [7, 11) is -3.99. The highest BCUT2D eigenvalue weighted by Gasteiger charge is 2.18. The Morgan fingerprint density at radius 1 is 1.14 bits per heavy atom. The number of allylic oxidation sites excluding steroid dienone is 1. The largest absolute Gasteiger partial charge is 0.378 e. The Balaban J connectivity index is 2.36. The van der Waals surface area contributed by atoms with Gasteiger partial charge in [-0.2, -0.15) is 13.7 Å². The molecule has 0 spiro atoms. The minimum atomic E-state index is -3.99. The van der Waals surface area contributed by atoms with Gasteiger partial charge in [0.1, 0.15) is 4.90 Å². The molecule has 0 N–H and O–H groups in total. The number of benzene rings is 2. The summed E-state index contributed by atoms with van der Waals surface area (Å²) in [5, 5.41) is 8.85. The molecule has 2 aromatic carbocycles. The summed E-state index contributed by atoms with van der Waals surface area (Å²) in [5.74, 6) is -0.0180. The zero-order valence-corrected chi connectivity index (χ0v) is 14.1. The Morgan fingerprint density at radius 3 is 2.27 bits per heavy atom. The number of nitrogens with zero attached hydrogens (tertiary/aromatic N) is 1. The van der Waals surface area contributed by atoms with Gasteiger partial charge >= 0.3 is 10.1 Å². The van der Waals surface area contributed by atoms with Crippen LogP contribution in [0.4, 0.5) is 0 Å². The van der Waals surface area contributed by atoms with Gasteiger partial charge in [0.2, 0.25) is 0 Å². The monoisotopic (exact) mass is 377 g/mol. The summed E-state index contributed by atoms with van der Waals surface area (Å²) >= 11 is 3.29. The maximum atomic E-state index is 12.3. The van der Waals surface area contributed by atoms with E-state index in [9.17, 15) is 8.42 Å². The van der Waals surface area contributed by atoms with E-state index in [1.807, 2.05) is 6.92 Å². The maximum absolute atomic E-state index is 12.3. The van der Waals surface area contributed by atoms with Crippen LogP contribution in [0.5, 0.6) is 0 Å². The molecule has 0 heterocycles. The summed E-state index contributed by atoms with van der Waals surface area (Å²) in [6.07, 6.45) is 1.06. The van der Waals surface area contributed by atoms with Crippen molar-refractivity contribution in [3.05, 3.63) is 70.2 Å². The first-order chi connectivity index (χ1) is 10.4. The first-order valence-electron chi connectivity index (χ1n) is 6.29. The number of aryl methyl sites for hydroxylation is 1. The lowest BCUT2D eigenvalue weighted by molar-refractivity contribution is 0.463. The smallest absolute Gasteiger partial charge is 0.339 e. The van der Waals surface area contributed by atoms with Crippen LogP contribution in [-0.2, 0) is 14.3 Å². The molecule has 22 heavy (non-hydrogen) atoms. The van der Waals surface area contributed by atoms with E-state index in [4.69, 9.17) is 9.44 Å². The molecule has 0 radical (unpaired) electrons. The second-order valence-corrected chi connectivity index (χ2v) is 6.96. The van der Waals surface area contributed by atoms with Crippen molar-refractivity contribution in [2.24, 2.45) is 0 Å². The third-order valence-electron chi connectivity index (χ3n) is 2.83. The van der Waals surface area contributed by atoms with Crippen molar-refractivity contribution in [2.75, 3.05) is 0 Å². The van der Waals surface area contributed by atoms with E-state index in [-0.39, 0.29) is 10.7 Å². The highest BCUT2D eigenvalue weighted by atomic mass is 79.9. The number of hydrogen-bond donors (Lipinski definition) is 0. The fourth-order valence-corrected chi connectivity index (χ4v) is 2.91. The van der Waals surface area contributed by atoms with Crippen molar-refractivity contribution in [1.29, 1.82) is 5.26 Å². The number of rotatable bonds is 4. The second kappa shape index (κ2) is 6.77. The molecule has 6 heteroatoms. The van der Waals surface area contributed by atoms with Gasteiger partial charge in [0.25, 0.3) is 0 Å². The maximum Gasteiger partial charge on any atom is 0.339 e. The molecule has 0 amide bonds. The molecule has 0 fully saturated rings. The molecular formula is C16H12BrNO3S. The Bertz CT molecular complexity index is 832. The summed E-state index contributed by atoms with van der Waals surface area (Å²) in [6.45, 7) is 1.86. The van der Waals surface area contributed by atoms with Crippen LogP contribution in [0.25, 0.3) is 5.76 Å². The van der Waals surface area contributed by atoms with Gasteiger partial charge in [0.05, 0.1) is 12.1 Å². The summed E-state index contributed by atoms with van der Waals surface area (Å²) < 4.78 is 30.5. The van der Waals surface area contributed by atoms with E-state index in [2.05, 4.69) is 15.9 Å². The molecular weight excluding hydrogens is 366 g/mol. The van der Waals surface area contributed by atoms with Crippen molar-refractivity contribution in [1.82, 2.24) is 0 Å². The van der Waals surface area contributed by atoms with Crippen molar-refractivity contribution in [3.63, 3.8) is 0 Å². The van der Waals surface area contributed by atoms with Crippen LogP contribution in [0.1, 0.15) is 11.1 Å². The molecule has 4 nitrogen and oxygen atoms in total. The van der Waals surface area contributed by atoms with Crippen LogP contribution < -0.4 is 0 Å². The first kappa shape index (κ1) is 16.3. The standard InChI is InChI=1S/C16H12BrNO3S/c1-12-2-8-15(9-3-12)22(19,20)21-16(10-11-18)13-4-6-14(17)7-5-13/h2-10H,1H3. The lowest BCUT2D eigenvalue weighted by Gasteiger charge is -2.10. The molecule has 112 valence electrons. The van der Waals surface area contributed by atoms with Gasteiger partial charge in [-0.1, -0.05) is 45.8 Å². The molecule has 0 saturated carbocycles. The fourth-order valence-electron chi connectivity index (χ4n) is 1.70. The molecule has 0 aliphatic heterocycles. The Morgan fingerprint density at radius 2 is 1.73 bits per heavy atom. The predicted molar refractivity (Wildman–Crippen MR) is 87.2 cm³/mol. The number of nitriles is 1. The summed E-state index contributed by atoms with van der Waals surface area (Å²) in [4.78, 5) is 0.0408. The quantitative estimate of drug-likeness (QED) is 0.458. The first-order valence-corrected chi connectivity index (χ1v) is 8.49. The molecule has 2 aromatic rings. The Labute approximate surface area is 137 Å². The van der Waals surface area contributed by atoms with E-state index >= 15 is 0 Å². The van der Waals surface area contributed by atoms with Crippen molar-refractivity contribution >= 4 is 31.8 Å². The van der Waals surface area contributed by atoms with Crippen molar-refractivity contribution in [2.45, 2.75) is 11.8 Å². The van der Waals surface area contributed by atoms with Crippen LogP contribution >= 0.6 is 15.9 Å². The normalized spacial score (nSPS) is 11.8. The minimum Gasteiger partial charge on any atom is -0.378 e.